The summed E-state index contributed by atoms with van der Waals surface area (Å²) in [6.45, 7) is 0.653. The highest BCUT2D eigenvalue weighted by Crippen LogP contribution is 2.21. The van der Waals surface area contributed by atoms with Gasteiger partial charge in [0.05, 0.1) is 22.9 Å². The van der Waals surface area contributed by atoms with Gasteiger partial charge in [-0.2, -0.15) is 0 Å². The van der Waals surface area contributed by atoms with Gasteiger partial charge >= 0.3 is 0 Å². The normalized spacial score (nSPS) is 10.6. The van der Waals surface area contributed by atoms with Gasteiger partial charge in [-0.15, -0.1) is 0 Å². The number of halogens is 2. The van der Waals surface area contributed by atoms with Gasteiger partial charge in [0, 0.05) is 17.4 Å². The van der Waals surface area contributed by atoms with Crippen molar-refractivity contribution in [2.24, 2.45) is 0 Å². The highest BCUT2D eigenvalue weighted by atomic mass is 79.9. The maximum Gasteiger partial charge on any atom is 0.238 e. The average Bonchev–Trinajstić information content (AvgIpc) is 2.57. The lowest BCUT2D eigenvalue weighted by Crippen LogP contribution is -2.32. The largest absolute Gasteiger partial charge is 0.325 e. The van der Waals surface area contributed by atoms with Gasteiger partial charge < -0.3 is 10.6 Å². The van der Waals surface area contributed by atoms with Gasteiger partial charge in [0.25, 0.3) is 0 Å². The second kappa shape index (κ2) is 9.56. The van der Waals surface area contributed by atoms with Crippen LogP contribution in [-0.4, -0.2) is 36.9 Å². The summed E-state index contributed by atoms with van der Waals surface area (Å²) in [5.74, 6) is -0.285. The van der Waals surface area contributed by atoms with Gasteiger partial charge in [-0.3, -0.25) is 14.5 Å². The van der Waals surface area contributed by atoms with Gasteiger partial charge in [0.1, 0.15) is 0 Å². The third-order valence-electron chi connectivity index (χ3n) is 3.43. The van der Waals surface area contributed by atoms with Crippen molar-refractivity contribution in [2.75, 3.05) is 30.8 Å². The number of hydrogen-bond donors (Lipinski definition) is 2. The highest BCUT2D eigenvalue weighted by molar-refractivity contribution is 9.10. The van der Waals surface area contributed by atoms with Crippen molar-refractivity contribution in [3.8, 4) is 0 Å². The standard InChI is InChI=1S/C18H19BrClN3O2/c1-23(12-18(25)21-15-8-4-2-6-13(15)19)11-10-17(24)22-16-9-5-3-7-14(16)20/h2-9H,10-12H2,1H3,(H,21,25)(H,22,24). The first-order chi connectivity index (χ1) is 12.0. The Labute approximate surface area is 160 Å². The number of hydrogen-bond acceptors (Lipinski definition) is 3. The van der Waals surface area contributed by atoms with Crippen LogP contribution in [0.25, 0.3) is 0 Å². The Morgan fingerprint density at radius 2 is 1.60 bits per heavy atom. The second-order valence-electron chi connectivity index (χ2n) is 5.54. The predicted molar refractivity (Wildman–Crippen MR) is 105 cm³/mol. The molecular formula is C18H19BrClN3O2. The van der Waals surface area contributed by atoms with Crippen LogP contribution in [0.2, 0.25) is 5.02 Å². The molecule has 5 nitrogen and oxygen atoms in total. The summed E-state index contributed by atoms with van der Waals surface area (Å²) in [6.07, 6.45) is 0.268. The van der Waals surface area contributed by atoms with Gasteiger partial charge in [0.2, 0.25) is 11.8 Å². The third-order valence-corrected chi connectivity index (χ3v) is 4.45. The zero-order valence-corrected chi connectivity index (χ0v) is 16.1. The number of carbonyl (C=O) groups excluding carboxylic acids is 2. The first-order valence-electron chi connectivity index (χ1n) is 7.73. The maximum absolute atomic E-state index is 12.1. The maximum atomic E-state index is 12.1. The van der Waals surface area contributed by atoms with E-state index in [9.17, 15) is 9.59 Å². The molecule has 0 radical (unpaired) electrons. The number of rotatable bonds is 7. The molecule has 2 N–H and O–H groups in total. The van der Waals surface area contributed by atoms with Crippen LogP contribution in [0, 0.1) is 0 Å². The van der Waals surface area contributed by atoms with E-state index in [1.807, 2.05) is 24.3 Å². The zero-order chi connectivity index (χ0) is 18.2. The van der Waals surface area contributed by atoms with Crippen molar-refractivity contribution in [1.82, 2.24) is 4.90 Å². The molecule has 2 rings (SSSR count). The SMILES string of the molecule is CN(CCC(=O)Nc1ccccc1Cl)CC(=O)Nc1ccccc1Br. The number of nitrogens with one attached hydrogen (secondary N) is 2. The molecule has 0 saturated heterocycles. The molecule has 0 bridgehead atoms. The quantitative estimate of drug-likeness (QED) is 0.706. The monoisotopic (exact) mass is 423 g/mol. The molecule has 0 heterocycles. The van der Waals surface area contributed by atoms with Crippen LogP contribution in [-0.2, 0) is 9.59 Å². The summed E-state index contributed by atoms with van der Waals surface area (Å²) < 4.78 is 0.824. The average molecular weight is 425 g/mol. The number of likely N-dealkylation sites (N-methyl/N-ethyl adjacent to an activating group) is 1. The molecule has 0 spiro atoms. The van der Waals surface area contributed by atoms with E-state index in [0.717, 1.165) is 10.2 Å². The van der Waals surface area contributed by atoms with Crippen LogP contribution in [0.3, 0.4) is 0 Å². The Balaban J connectivity index is 1.75. The minimum Gasteiger partial charge on any atom is -0.325 e. The summed E-state index contributed by atoms with van der Waals surface area (Å²) in [7, 11) is 1.79. The lowest BCUT2D eigenvalue weighted by molar-refractivity contribution is -0.119. The first-order valence-corrected chi connectivity index (χ1v) is 8.90. The van der Waals surface area contributed by atoms with Crippen molar-refractivity contribution in [2.45, 2.75) is 6.42 Å². The van der Waals surface area contributed by atoms with Crippen LogP contribution in [0.4, 0.5) is 11.4 Å². The van der Waals surface area contributed by atoms with E-state index >= 15 is 0 Å². The third kappa shape index (κ3) is 6.49. The Kier molecular flexibility index (Phi) is 7.43. The molecule has 2 amide bonds. The summed E-state index contributed by atoms with van der Waals surface area (Å²) >= 11 is 9.39. The van der Waals surface area contributed by atoms with Crippen LogP contribution < -0.4 is 10.6 Å². The summed E-state index contributed by atoms with van der Waals surface area (Å²) in [4.78, 5) is 25.8. The Morgan fingerprint density at radius 1 is 1.00 bits per heavy atom. The Hall–Kier alpha value is -1.89. The molecule has 7 heteroatoms. The topological polar surface area (TPSA) is 61.4 Å². The van der Waals surface area contributed by atoms with E-state index in [1.54, 1.807) is 36.2 Å². The Morgan fingerprint density at radius 3 is 2.28 bits per heavy atom. The van der Waals surface area contributed by atoms with E-state index in [4.69, 9.17) is 11.6 Å². The van der Waals surface area contributed by atoms with Crippen LogP contribution in [0.1, 0.15) is 6.42 Å². The fourth-order valence-corrected chi connectivity index (χ4v) is 2.71. The molecule has 0 aliphatic rings. The molecule has 0 atom stereocenters. The molecule has 132 valence electrons. The molecule has 0 fully saturated rings. The fourth-order valence-electron chi connectivity index (χ4n) is 2.14. The van der Waals surface area contributed by atoms with E-state index in [-0.39, 0.29) is 24.8 Å². The van der Waals surface area contributed by atoms with Crippen LogP contribution in [0.15, 0.2) is 53.0 Å². The molecule has 0 aliphatic carbocycles. The highest BCUT2D eigenvalue weighted by Gasteiger charge is 2.11. The van der Waals surface area contributed by atoms with Crippen LogP contribution >= 0.6 is 27.5 Å². The molecule has 0 aromatic heterocycles. The lowest BCUT2D eigenvalue weighted by Gasteiger charge is -2.16. The number of para-hydroxylation sites is 2. The fraction of sp³-hybridized carbons (Fsp3) is 0.222. The van der Waals surface area contributed by atoms with Gasteiger partial charge in [-0.05, 0) is 47.2 Å². The van der Waals surface area contributed by atoms with E-state index in [2.05, 4.69) is 26.6 Å². The number of benzene rings is 2. The molecular weight excluding hydrogens is 406 g/mol. The molecule has 2 aromatic carbocycles. The van der Waals surface area contributed by atoms with Crippen molar-refractivity contribution in [1.29, 1.82) is 0 Å². The van der Waals surface area contributed by atoms with Gasteiger partial charge in [-0.25, -0.2) is 0 Å². The minimum atomic E-state index is -0.147. The summed E-state index contributed by atoms with van der Waals surface area (Å²) in [5.41, 5.74) is 1.31. The van der Waals surface area contributed by atoms with E-state index < -0.39 is 0 Å². The number of amides is 2. The molecule has 0 aliphatic heterocycles. The minimum absolute atomic E-state index is 0.138. The smallest absolute Gasteiger partial charge is 0.238 e. The number of carbonyl (C=O) groups is 2. The van der Waals surface area contributed by atoms with Gasteiger partial charge in [-0.1, -0.05) is 35.9 Å². The molecule has 0 saturated carbocycles. The van der Waals surface area contributed by atoms with Crippen molar-refractivity contribution < 1.29 is 9.59 Å². The zero-order valence-electron chi connectivity index (χ0n) is 13.8. The number of anilines is 2. The van der Waals surface area contributed by atoms with Crippen LogP contribution in [0.5, 0.6) is 0 Å². The van der Waals surface area contributed by atoms with Crippen molar-refractivity contribution in [3.63, 3.8) is 0 Å². The summed E-state index contributed by atoms with van der Waals surface area (Å²) in [6, 6.07) is 14.5. The van der Waals surface area contributed by atoms with Crippen molar-refractivity contribution >= 4 is 50.7 Å². The van der Waals surface area contributed by atoms with E-state index in [1.165, 1.54) is 0 Å². The van der Waals surface area contributed by atoms with E-state index in [0.29, 0.717) is 17.3 Å². The number of nitrogens with zero attached hydrogens (tertiary/aromatic N) is 1. The lowest BCUT2D eigenvalue weighted by atomic mass is 10.3. The van der Waals surface area contributed by atoms with Crippen molar-refractivity contribution in [3.05, 3.63) is 58.0 Å². The summed E-state index contributed by atoms with van der Waals surface area (Å²) in [5, 5.41) is 6.09. The molecule has 25 heavy (non-hydrogen) atoms. The Bertz CT molecular complexity index is 755. The predicted octanol–water partition coefficient (Wildman–Crippen LogP) is 4.00. The second-order valence-corrected chi connectivity index (χ2v) is 6.81. The molecule has 0 unspecified atom stereocenters. The first kappa shape index (κ1) is 19.4. The molecule has 2 aromatic rings. The van der Waals surface area contributed by atoms with Gasteiger partial charge in [0.15, 0.2) is 0 Å².